The molecule has 0 spiro atoms. The lowest BCUT2D eigenvalue weighted by Gasteiger charge is -2.31. The van der Waals surface area contributed by atoms with Gasteiger partial charge in [-0.15, -0.1) is 0 Å². The summed E-state index contributed by atoms with van der Waals surface area (Å²) in [5, 5.41) is 22.5. The molecule has 5 heteroatoms. The van der Waals surface area contributed by atoms with Gasteiger partial charge in [0.05, 0.1) is 0 Å². The second-order valence-corrected chi connectivity index (χ2v) is 4.75. The van der Waals surface area contributed by atoms with Crippen LogP contribution in [0.25, 0.3) is 0 Å². The van der Waals surface area contributed by atoms with Crippen molar-refractivity contribution in [2.45, 2.75) is 44.9 Å². The van der Waals surface area contributed by atoms with E-state index in [0.29, 0.717) is 18.0 Å². The van der Waals surface area contributed by atoms with Gasteiger partial charge in [-0.05, 0) is 27.2 Å². The van der Waals surface area contributed by atoms with Gasteiger partial charge in [0, 0.05) is 18.5 Å². The van der Waals surface area contributed by atoms with Crippen molar-refractivity contribution in [3.8, 4) is 0 Å². The Morgan fingerprint density at radius 3 is 2.43 bits per heavy atom. The molecule has 14 heavy (non-hydrogen) atoms. The minimum Gasteiger partial charge on any atom is -0.366 e. The number of aliphatic hydroxyl groups is 1. The lowest BCUT2D eigenvalue weighted by Crippen LogP contribution is -2.58. The van der Waals surface area contributed by atoms with Crippen LogP contribution in [0.1, 0.15) is 33.6 Å². The fourth-order valence-corrected chi connectivity index (χ4v) is 1.46. The van der Waals surface area contributed by atoms with E-state index in [9.17, 15) is 15.1 Å². The third-order valence-corrected chi connectivity index (χ3v) is 2.17. The summed E-state index contributed by atoms with van der Waals surface area (Å²) < 4.78 is 0. The molecule has 0 aromatic heterocycles. The van der Waals surface area contributed by atoms with Crippen molar-refractivity contribution < 1.29 is 15.1 Å². The van der Waals surface area contributed by atoms with Crippen molar-refractivity contribution in [3.63, 3.8) is 0 Å². The van der Waals surface area contributed by atoms with Gasteiger partial charge in [-0.2, -0.15) is 5.06 Å². The summed E-state index contributed by atoms with van der Waals surface area (Å²) in [6.07, 6.45) is 0.885. The van der Waals surface area contributed by atoms with Crippen LogP contribution in [0.15, 0.2) is 0 Å². The van der Waals surface area contributed by atoms with E-state index in [0.717, 1.165) is 0 Å². The third kappa shape index (κ3) is 2.23. The zero-order chi connectivity index (χ0) is 11.0. The summed E-state index contributed by atoms with van der Waals surface area (Å²) in [6.45, 7) is 5.80. The number of hydrogen-bond acceptors (Lipinski definition) is 4. The Labute approximate surface area is 83.7 Å². The Morgan fingerprint density at radius 1 is 1.50 bits per heavy atom. The molecule has 0 saturated carbocycles. The van der Waals surface area contributed by atoms with E-state index in [1.807, 2.05) is 20.8 Å². The Hall–Kier alpha value is -0.650. The number of rotatable bonds is 1. The van der Waals surface area contributed by atoms with Crippen molar-refractivity contribution >= 4 is 5.91 Å². The van der Waals surface area contributed by atoms with E-state index in [-0.39, 0.29) is 6.42 Å². The molecule has 5 nitrogen and oxygen atoms in total. The first kappa shape index (κ1) is 11.4. The maximum Gasteiger partial charge on any atom is 0.270 e. The van der Waals surface area contributed by atoms with Crippen LogP contribution in [0, 0.1) is 0 Å². The van der Waals surface area contributed by atoms with E-state index in [1.165, 1.54) is 0 Å². The highest BCUT2D eigenvalue weighted by molar-refractivity contribution is 5.85. The number of carbonyl (C=O) groups excluding carboxylic acids is 1. The zero-order valence-corrected chi connectivity index (χ0v) is 8.87. The van der Waals surface area contributed by atoms with Gasteiger partial charge in [-0.1, -0.05) is 0 Å². The molecule has 0 aliphatic carbocycles. The molecule has 0 aromatic carbocycles. The van der Waals surface area contributed by atoms with Crippen LogP contribution in [0.5, 0.6) is 0 Å². The topological polar surface area (TPSA) is 72.8 Å². The average Bonchev–Trinajstić information content (AvgIpc) is 2.30. The quantitative estimate of drug-likeness (QED) is 0.563. The zero-order valence-electron chi connectivity index (χ0n) is 8.87. The number of hydroxylamine groups is 2. The molecule has 1 heterocycles. The first-order valence-electron chi connectivity index (χ1n) is 4.77. The fourth-order valence-electron chi connectivity index (χ4n) is 1.46. The van der Waals surface area contributed by atoms with Gasteiger partial charge in [0.2, 0.25) is 5.72 Å². The molecule has 1 aliphatic heterocycles. The van der Waals surface area contributed by atoms with Crippen LogP contribution in [-0.2, 0) is 4.79 Å². The summed E-state index contributed by atoms with van der Waals surface area (Å²) in [5.74, 6) is -0.537. The van der Waals surface area contributed by atoms with Crippen LogP contribution in [-0.4, -0.2) is 39.1 Å². The lowest BCUT2D eigenvalue weighted by atomic mass is 10.1. The summed E-state index contributed by atoms with van der Waals surface area (Å²) >= 11 is 0. The highest BCUT2D eigenvalue weighted by Gasteiger charge is 2.46. The Balaban J connectivity index is 2.68. The summed E-state index contributed by atoms with van der Waals surface area (Å²) in [7, 11) is 0. The van der Waals surface area contributed by atoms with Crippen molar-refractivity contribution in [2.75, 3.05) is 6.54 Å². The van der Waals surface area contributed by atoms with Crippen LogP contribution in [0.4, 0.5) is 0 Å². The second-order valence-electron chi connectivity index (χ2n) is 4.75. The highest BCUT2D eigenvalue weighted by atomic mass is 16.5. The Morgan fingerprint density at radius 2 is 2.07 bits per heavy atom. The monoisotopic (exact) mass is 202 g/mol. The maximum absolute atomic E-state index is 11.6. The molecule has 1 aliphatic rings. The lowest BCUT2D eigenvalue weighted by molar-refractivity contribution is -0.233. The van der Waals surface area contributed by atoms with Crippen molar-refractivity contribution in [2.24, 2.45) is 0 Å². The number of hydrogen-bond donors (Lipinski definition) is 3. The van der Waals surface area contributed by atoms with Gasteiger partial charge >= 0.3 is 0 Å². The van der Waals surface area contributed by atoms with E-state index >= 15 is 0 Å². The van der Waals surface area contributed by atoms with Gasteiger partial charge in [-0.3, -0.25) is 4.79 Å². The predicted molar refractivity (Wildman–Crippen MR) is 50.6 cm³/mol. The predicted octanol–water partition coefficient (Wildman–Crippen LogP) is 0.0747. The van der Waals surface area contributed by atoms with E-state index in [4.69, 9.17) is 0 Å². The molecule has 0 radical (unpaired) electrons. The number of amides is 1. The minimum absolute atomic E-state index is 0.269. The standard InChI is InChI=1S/C9H18N2O3/c1-8(2,3)10-7(12)9(13)5-4-6-11(9)14/h13-14H,4-6H2,1-3H3,(H,10,12)/t9-/m1/s1. The SMILES string of the molecule is CC(C)(C)NC(=O)[C@]1(O)CCCN1O. The fraction of sp³-hybridized carbons (Fsp3) is 0.889. The van der Waals surface area contributed by atoms with Crippen LogP contribution < -0.4 is 5.32 Å². The molecule has 0 unspecified atom stereocenters. The van der Waals surface area contributed by atoms with Crippen molar-refractivity contribution in [1.82, 2.24) is 10.4 Å². The molecule has 0 aromatic rings. The van der Waals surface area contributed by atoms with Gasteiger partial charge < -0.3 is 15.6 Å². The Bertz CT molecular complexity index is 237. The molecule has 3 N–H and O–H groups in total. The van der Waals surface area contributed by atoms with E-state index in [2.05, 4.69) is 5.32 Å². The normalized spacial score (nSPS) is 29.2. The summed E-state index contributed by atoms with van der Waals surface area (Å²) in [4.78, 5) is 11.6. The average molecular weight is 202 g/mol. The maximum atomic E-state index is 11.6. The van der Waals surface area contributed by atoms with Crippen LogP contribution in [0.2, 0.25) is 0 Å². The minimum atomic E-state index is -1.74. The molecule has 1 rings (SSSR count). The highest BCUT2D eigenvalue weighted by Crippen LogP contribution is 2.25. The van der Waals surface area contributed by atoms with Crippen LogP contribution >= 0.6 is 0 Å². The van der Waals surface area contributed by atoms with Crippen molar-refractivity contribution in [1.29, 1.82) is 0 Å². The number of carbonyl (C=O) groups is 1. The van der Waals surface area contributed by atoms with Gasteiger partial charge in [0.25, 0.3) is 5.91 Å². The molecule has 82 valence electrons. The molecule has 1 fully saturated rings. The first-order valence-corrected chi connectivity index (χ1v) is 4.77. The molecular weight excluding hydrogens is 184 g/mol. The van der Waals surface area contributed by atoms with Gasteiger partial charge in [0.15, 0.2) is 0 Å². The summed E-state index contributed by atoms with van der Waals surface area (Å²) in [5.41, 5.74) is -2.15. The van der Waals surface area contributed by atoms with Gasteiger partial charge in [0.1, 0.15) is 0 Å². The molecule has 1 saturated heterocycles. The Kier molecular flexibility index (Phi) is 2.85. The molecule has 0 bridgehead atoms. The van der Waals surface area contributed by atoms with Gasteiger partial charge in [-0.25, -0.2) is 0 Å². The molecule has 1 amide bonds. The van der Waals surface area contributed by atoms with E-state index < -0.39 is 17.2 Å². The molecule has 1 atom stereocenters. The third-order valence-electron chi connectivity index (χ3n) is 2.17. The smallest absolute Gasteiger partial charge is 0.270 e. The number of nitrogens with one attached hydrogen (secondary N) is 1. The first-order chi connectivity index (χ1) is 6.26. The molecular formula is C9H18N2O3. The van der Waals surface area contributed by atoms with E-state index in [1.54, 1.807) is 0 Å². The second kappa shape index (κ2) is 3.49. The largest absolute Gasteiger partial charge is 0.366 e. The number of nitrogens with zero attached hydrogens (tertiary/aromatic N) is 1. The van der Waals surface area contributed by atoms with Crippen molar-refractivity contribution in [3.05, 3.63) is 0 Å². The summed E-state index contributed by atoms with van der Waals surface area (Å²) in [6, 6.07) is 0. The van der Waals surface area contributed by atoms with Crippen LogP contribution in [0.3, 0.4) is 0 Å².